The fraction of sp³-hybridized carbons (Fsp3) is 0.200. The molecule has 0 N–H and O–H groups in total. The molecule has 0 saturated carbocycles. The van der Waals surface area contributed by atoms with E-state index in [2.05, 4.69) is 15.9 Å². The minimum atomic E-state index is -3.86. The Balaban J connectivity index is 2.23. The van der Waals surface area contributed by atoms with Crippen LogP contribution >= 0.6 is 15.9 Å². The zero-order chi connectivity index (χ0) is 19.6. The quantitative estimate of drug-likeness (QED) is 0.416. The van der Waals surface area contributed by atoms with Crippen LogP contribution in [0.25, 0.3) is 10.9 Å². The Bertz CT molecular complexity index is 1160. The summed E-state index contributed by atoms with van der Waals surface area (Å²) in [5, 5.41) is 10.3. The number of benzene rings is 2. The van der Waals surface area contributed by atoms with E-state index in [0.717, 1.165) is 9.54 Å². The Hall–Kier alpha value is -2.43. The van der Waals surface area contributed by atoms with E-state index in [1.165, 1.54) is 6.20 Å². The van der Waals surface area contributed by atoms with Crippen molar-refractivity contribution in [2.24, 2.45) is 0 Å². The third-order valence-corrected chi connectivity index (χ3v) is 6.56. The third-order valence-electron chi connectivity index (χ3n) is 4.32. The van der Waals surface area contributed by atoms with Gasteiger partial charge in [-0.05, 0) is 43.7 Å². The van der Waals surface area contributed by atoms with Crippen LogP contribution in [-0.2, 0) is 10.0 Å². The molecule has 2 aromatic carbocycles. The molecule has 0 fully saturated rings. The van der Waals surface area contributed by atoms with E-state index in [1.54, 1.807) is 42.5 Å². The van der Waals surface area contributed by atoms with Gasteiger partial charge in [0, 0.05) is 28.9 Å². The first kappa shape index (κ1) is 19.3. The number of halogens is 1. The number of aryl methyl sites for hydroxylation is 1. The van der Waals surface area contributed by atoms with Crippen molar-refractivity contribution in [3.05, 3.63) is 65.4 Å². The maximum atomic E-state index is 13.1. The minimum absolute atomic E-state index is 0.146. The van der Waals surface area contributed by atoms with Crippen molar-refractivity contribution < 1.29 is 13.2 Å². The number of rotatable bonds is 6. The van der Waals surface area contributed by atoms with Crippen LogP contribution in [-0.4, -0.2) is 23.5 Å². The summed E-state index contributed by atoms with van der Waals surface area (Å²) in [6.07, 6.45) is 2.32. The lowest BCUT2D eigenvalue weighted by Crippen LogP contribution is -2.12. The lowest BCUT2D eigenvalue weighted by molar-refractivity contribution is 0.0983. The Morgan fingerprint density at radius 3 is 2.52 bits per heavy atom. The molecule has 0 aliphatic carbocycles. The number of hydrogen-bond donors (Lipinski definition) is 0. The number of carbonyl (C=O) groups excluding carboxylic acids is 1. The molecule has 138 valence electrons. The Morgan fingerprint density at radius 2 is 1.89 bits per heavy atom. The van der Waals surface area contributed by atoms with Crippen molar-refractivity contribution in [3.63, 3.8) is 0 Å². The van der Waals surface area contributed by atoms with Gasteiger partial charge in [0.05, 0.1) is 22.0 Å². The zero-order valence-electron chi connectivity index (χ0n) is 14.6. The monoisotopic (exact) mass is 444 g/mol. The second-order valence-electron chi connectivity index (χ2n) is 6.22. The van der Waals surface area contributed by atoms with Gasteiger partial charge in [0.2, 0.25) is 0 Å². The summed E-state index contributed by atoms with van der Waals surface area (Å²) in [6.45, 7) is 1.88. The molecule has 0 atom stereocenters. The van der Waals surface area contributed by atoms with E-state index in [-0.39, 0.29) is 10.7 Å². The highest BCUT2D eigenvalue weighted by Crippen LogP contribution is 2.28. The number of fused-ring (bicyclic) bond motifs is 1. The molecular formula is C20H17BrN2O3S. The number of carbonyl (C=O) groups is 1. The fourth-order valence-corrected chi connectivity index (χ4v) is 4.53. The number of Topliss-reactive ketones (excluding diaryl/α,β-unsaturated/α-hetero) is 1. The number of aromatic nitrogens is 1. The van der Waals surface area contributed by atoms with Crippen LogP contribution in [0.3, 0.4) is 0 Å². The third kappa shape index (κ3) is 3.68. The van der Waals surface area contributed by atoms with E-state index < -0.39 is 10.0 Å². The van der Waals surface area contributed by atoms with Crippen LogP contribution in [0.2, 0.25) is 0 Å². The predicted molar refractivity (Wildman–Crippen MR) is 108 cm³/mol. The summed E-state index contributed by atoms with van der Waals surface area (Å²) in [6, 6.07) is 13.3. The second kappa shape index (κ2) is 7.67. The van der Waals surface area contributed by atoms with E-state index in [0.29, 0.717) is 40.2 Å². The molecule has 1 aromatic heterocycles. The number of nitrogens with zero attached hydrogens (tertiary/aromatic N) is 2. The number of ketones is 1. The van der Waals surface area contributed by atoms with Crippen LogP contribution < -0.4 is 0 Å². The van der Waals surface area contributed by atoms with E-state index in [1.807, 2.05) is 13.0 Å². The molecule has 0 bridgehead atoms. The van der Waals surface area contributed by atoms with Crippen molar-refractivity contribution in [2.75, 3.05) is 5.33 Å². The maximum Gasteiger partial charge on any atom is 0.268 e. The molecule has 0 aliphatic heterocycles. The van der Waals surface area contributed by atoms with Crippen molar-refractivity contribution in [1.29, 1.82) is 5.26 Å². The van der Waals surface area contributed by atoms with Crippen molar-refractivity contribution in [2.45, 2.75) is 24.7 Å². The van der Waals surface area contributed by atoms with Crippen LogP contribution in [0, 0.1) is 18.3 Å². The fourth-order valence-electron chi connectivity index (χ4n) is 2.88. The van der Waals surface area contributed by atoms with Gasteiger partial charge in [-0.2, -0.15) is 5.26 Å². The number of nitriles is 1. The van der Waals surface area contributed by atoms with Gasteiger partial charge in [0.1, 0.15) is 0 Å². The summed E-state index contributed by atoms with van der Waals surface area (Å²) in [4.78, 5) is 12.8. The second-order valence-corrected chi connectivity index (χ2v) is 8.82. The highest BCUT2D eigenvalue weighted by atomic mass is 79.9. The molecule has 0 radical (unpaired) electrons. The largest absolute Gasteiger partial charge is 0.294 e. The van der Waals surface area contributed by atoms with Gasteiger partial charge < -0.3 is 0 Å². The first-order chi connectivity index (χ1) is 12.9. The molecule has 7 heteroatoms. The van der Waals surface area contributed by atoms with Crippen LogP contribution in [0.5, 0.6) is 0 Å². The molecule has 1 heterocycles. The lowest BCUT2D eigenvalue weighted by Gasteiger charge is -2.08. The van der Waals surface area contributed by atoms with Gasteiger partial charge in [-0.25, -0.2) is 12.4 Å². The van der Waals surface area contributed by atoms with Gasteiger partial charge in [-0.3, -0.25) is 4.79 Å². The van der Waals surface area contributed by atoms with Crippen molar-refractivity contribution in [3.8, 4) is 6.07 Å². The van der Waals surface area contributed by atoms with Gasteiger partial charge in [0.15, 0.2) is 5.78 Å². The molecule has 3 rings (SSSR count). The minimum Gasteiger partial charge on any atom is -0.294 e. The average molecular weight is 445 g/mol. The van der Waals surface area contributed by atoms with Crippen molar-refractivity contribution >= 4 is 42.6 Å². The lowest BCUT2D eigenvalue weighted by atomic mass is 10.0. The SMILES string of the molecule is Cc1ccc(S(=O)(=O)n2cc(C(=O)CCCBr)c3cc(C#N)ccc32)cc1. The molecule has 5 nitrogen and oxygen atoms in total. The molecule has 0 saturated heterocycles. The molecule has 3 aromatic rings. The summed E-state index contributed by atoms with van der Waals surface area (Å²) in [5.74, 6) is -0.146. The predicted octanol–water partition coefficient (Wildman–Crippen LogP) is 4.42. The van der Waals surface area contributed by atoms with Crippen LogP contribution in [0.4, 0.5) is 0 Å². The standard InChI is InChI=1S/C20H17BrN2O3S/c1-14-4-7-16(8-5-14)27(25,26)23-13-18(20(24)3-2-10-21)17-11-15(12-22)6-9-19(17)23/h4-9,11,13H,2-3,10H2,1H3. The van der Waals surface area contributed by atoms with Gasteiger partial charge >= 0.3 is 0 Å². The van der Waals surface area contributed by atoms with Crippen molar-refractivity contribution in [1.82, 2.24) is 3.97 Å². The summed E-state index contributed by atoms with van der Waals surface area (Å²) < 4.78 is 27.4. The zero-order valence-corrected chi connectivity index (χ0v) is 17.0. The van der Waals surface area contributed by atoms with Gasteiger partial charge in [-0.1, -0.05) is 33.6 Å². The highest BCUT2D eigenvalue weighted by Gasteiger charge is 2.23. The average Bonchev–Trinajstić information content (AvgIpc) is 3.06. The Morgan fingerprint density at radius 1 is 1.19 bits per heavy atom. The first-order valence-corrected chi connectivity index (χ1v) is 10.9. The molecule has 0 aliphatic rings. The topological polar surface area (TPSA) is 79.9 Å². The van der Waals surface area contributed by atoms with Gasteiger partial charge in [-0.15, -0.1) is 0 Å². The van der Waals surface area contributed by atoms with Crippen LogP contribution in [0.1, 0.15) is 34.3 Å². The number of hydrogen-bond acceptors (Lipinski definition) is 4. The van der Waals surface area contributed by atoms with E-state index in [4.69, 9.17) is 0 Å². The summed E-state index contributed by atoms with van der Waals surface area (Å²) in [7, 11) is -3.86. The summed E-state index contributed by atoms with van der Waals surface area (Å²) in [5.41, 5.74) is 2.04. The maximum absolute atomic E-state index is 13.1. The normalized spacial score (nSPS) is 11.4. The van der Waals surface area contributed by atoms with Gasteiger partial charge in [0.25, 0.3) is 10.0 Å². The number of alkyl halides is 1. The Labute approximate surface area is 166 Å². The summed E-state index contributed by atoms with van der Waals surface area (Å²) >= 11 is 3.30. The van der Waals surface area contributed by atoms with Crippen LogP contribution in [0.15, 0.2) is 53.6 Å². The molecular weight excluding hydrogens is 428 g/mol. The van der Waals surface area contributed by atoms with E-state index >= 15 is 0 Å². The molecule has 27 heavy (non-hydrogen) atoms. The molecule has 0 spiro atoms. The highest BCUT2D eigenvalue weighted by molar-refractivity contribution is 9.09. The Kier molecular flexibility index (Phi) is 5.49. The molecule has 0 amide bonds. The van der Waals surface area contributed by atoms with E-state index in [9.17, 15) is 18.5 Å². The first-order valence-electron chi connectivity index (χ1n) is 8.35. The molecule has 0 unspecified atom stereocenters. The smallest absolute Gasteiger partial charge is 0.268 e.